The van der Waals surface area contributed by atoms with Crippen molar-refractivity contribution in [3.63, 3.8) is 0 Å². The van der Waals surface area contributed by atoms with Gasteiger partial charge in [-0.3, -0.25) is 9.97 Å². The van der Waals surface area contributed by atoms with E-state index in [2.05, 4.69) is 53.3 Å². The molecule has 0 saturated carbocycles. The van der Waals surface area contributed by atoms with Crippen LogP contribution >= 0.6 is 0 Å². The van der Waals surface area contributed by atoms with Gasteiger partial charge < -0.3 is 0 Å². The van der Waals surface area contributed by atoms with Crippen LogP contribution in [0.25, 0.3) is 32.9 Å². The summed E-state index contributed by atoms with van der Waals surface area (Å²) in [5.74, 6) is 0.369. The van der Waals surface area contributed by atoms with Crippen molar-refractivity contribution in [2.24, 2.45) is 0 Å². The summed E-state index contributed by atoms with van der Waals surface area (Å²) in [5.41, 5.74) is 6.18. The fourth-order valence-electron chi connectivity index (χ4n) is 3.81. The molecule has 104 valence electrons. The highest BCUT2D eigenvalue weighted by Crippen LogP contribution is 2.47. The van der Waals surface area contributed by atoms with E-state index in [0.717, 1.165) is 11.2 Å². The maximum atomic E-state index is 4.62. The highest BCUT2D eigenvalue weighted by molar-refractivity contribution is 6.11. The predicted octanol–water partition coefficient (Wildman–Crippen LogP) is 4.92. The summed E-state index contributed by atoms with van der Waals surface area (Å²) in [6, 6.07) is 17.1. The van der Waals surface area contributed by atoms with Gasteiger partial charge in [0.05, 0.1) is 11.2 Å². The number of benzene rings is 2. The van der Waals surface area contributed by atoms with E-state index in [4.69, 9.17) is 0 Å². The largest absolute Gasteiger partial charge is 0.256 e. The van der Waals surface area contributed by atoms with E-state index in [1.165, 1.54) is 32.8 Å². The first-order chi connectivity index (χ1) is 10.8. The van der Waals surface area contributed by atoms with Crippen LogP contribution in [0.4, 0.5) is 0 Å². The molecule has 5 rings (SSSR count). The Morgan fingerprint density at radius 1 is 0.864 bits per heavy atom. The molecule has 2 nitrogen and oxygen atoms in total. The zero-order valence-electron chi connectivity index (χ0n) is 12.2. The number of fused-ring (bicyclic) bond motifs is 7. The fraction of sp³-hybridized carbons (Fsp3) is 0.100. The van der Waals surface area contributed by atoms with Crippen molar-refractivity contribution in [2.75, 3.05) is 0 Å². The molecule has 2 heteroatoms. The molecule has 0 spiro atoms. The lowest BCUT2D eigenvalue weighted by Crippen LogP contribution is -1.92. The molecule has 2 aromatic heterocycles. The van der Waals surface area contributed by atoms with Crippen molar-refractivity contribution in [1.29, 1.82) is 0 Å². The molecular formula is C20H14N2. The molecule has 1 aliphatic carbocycles. The highest BCUT2D eigenvalue weighted by Gasteiger charge is 2.28. The first kappa shape index (κ1) is 11.9. The van der Waals surface area contributed by atoms with E-state index in [9.17, 15) is 0 Å². The molecule has 0 bridgehead atoms. The Bertz CT molecular complexity index is 1050. The van der Waals surface area contributed by atoms with Gasteiger partial charge in [-0.2, -0.15) is 0 Å². The Morgan fingerprint density at radius 3 is 2.64 bits per heavy atom. The van der Waals surface area contributed by atoms with Crippen molar-refractivity contribution in [3.05, 3.63) is 72.1 Å². The molecule has 22 heavy (non-hydrogen) atoms. The van der Waals surface area contributed by atoms with Gasteiger partial charge in [0.2, 0.25) is 0 Å². The van der Waals surface area contributed by atoms with Crippen LogP contribution in [0.2, 0.25) is 0 Å². The molecule has 1 unspecified atom stereocenters. The number of hydrogen-bond acceptors (Lipinski definition) is 2. The van der Waals surface area contributed by atoms with Crippen LogP contribution in [0.15, 0.2) is 60.9 Å². The van der Waals surface area contributed by atoms with Crippen molar-refractivity contribution in [2.45, 2.75) is 12.8 Å². The highest BCUT2D eigenvalue weighted by atomic mass is 14.7. The lowest BCUT2D eigenvalue weighted by molar-refractivity contribution is 0.962. The van der Waals surface area contributed by atoms with E-state index < -0.39 is 0 Å². The van der Waals surface area contributed by atoms with Gasteiger partial charge >= 0.3 is 0 Å². The fourth-order valence-corrected chi connectivity index (χ4v) is 3.81. The molecule has 2 heterocycles. The molecule has 0 aliphatic heterocycles. The third-order valence-electron chi connectivity index (χ3n) is 4.80. The number of pyridine rings is 2. The van der Waals surface area contributed by atoms with Crippen LogP contribution in [0.1, 0.15) is 24.0 Å². The molecule has 0 fully saturated rings. The Hall–Kier alpha value is -2.74. The van der Waals surface area contributed by atoms with Gasteiger partial charge in [0.25, 0.3) is 0 Å². The number of rotatable bonds is 0. The Kier molecular flexibility index (Phi) is 2.23. The zero-order valence-corrected chi connectivity index (χ0v) is 12.2. The number of aromatic nitrogens is 2. The SMILES string of the molecule is CC1c2cccnc2-c2ccc3ccc4ncccc4c3c21. The summed E-state index contributed by atoms with van der Waals surface area (Å²) in [4.78, 5) is 9.14. The van der Waals surface area contributed by atoms with Gasteiger partial charge in [0.15, 0.2) is 0 Å². The Morgan fingerprint density at radius 2 is 1.68 bits per heavy atom. The summed E-state index contributed by atoms with van der Waals surface area (Å²) in [6.45, 7) is 2.28. The van der Waals surface area contributed by atoms with Gasteiger partial charge in [-0.15, -0.1) is 0 Å². The summed E-state index contributed by atoms with van der Waals surface area (Å²) >= 11 is 0. The molecule has 4 aromatic rings. The van der Waals surface area contributed by atoms with Crippen LogP contribution in [0.3, 0.4) is 0 Å². The monoisotopic (exact) mass is 282 g/mol. The van der Waals surface area contributed by atoms with Gasteiger partial charge in [-0.25, -0.2) is 0 Å². The smallest absolute Gasteiger partial charge is 0.0743 e. The summed E-state index contributed by atoms with van der Waals surface area (Å²) in [7, 11) is 0. The van der Waals surface area contributed by atoms with E-state index >= 15 is 0 Å². The second-order valence-corrected chi connectivity index (χ2v) is 5.92. The summed E-state index contributed by atoms with van der Waals surface area (Å²) in [6.07, 6.45) is 3.74. The second-order valence-electron chi connectivity index (χ2n) is 5.92. The van der Waals surface area contributed by atoms with Crippen molar-refractivity contribution < 1.29 is 0 Å². The number of nitrogens with zero attached hydrogens (tertiary/aromatic N) is 2. The van der Waals surface area contributed by atoms with Crippen molar-refractivity contribution in [1.82, 2.24) is 9.97 Å². The average molecular weight is 282 g/mol. The maximum Gasteiger partial charge on any atom is 0.0743 e. The van der Waals surface area contributed by atoms with Crippen molar-refractivity contribution in [3.8, 4) is 11.3 Å². The third-order valence-corrected chi connectivity index (χ3v) is 4.80. The normalized spacial score (nSPS) is 16.0. The topological polar surface area (TPSA) is 25.8 Å². The molecule has 0 radical (unpaired) electrons. The first-order valence-electron chi connectivity index (χ1n) is 7.60. The molecule has 0 amide bonds. The quantitative estimate of drug-likeness (QED) is 0.428. The Balaban J connectivity index is 2.00. The molecule has 0 saturated heterocycles. The molecule has 0 N–H and O–H groups in total. The summed E-state index contributed by atoms with van der Waals surface area (Å²) in [5, 5.41) is 3.84. The van der Waals surface area contributed by atoms with E-state index in [1.807, 2.05) is 24.5 Å². The van der Waals surface area contributed by atoms with E-state index in [-0.39, 0.29) is 0 Å². The van der Waals surface area contributed by atoms with Gasteiger partial charge in [-0.05, 0) is 40.1 Å². The average Bonchev–Trinajstić information content (AvgIpc) is 2.88. The predicted molar refractivity (Wildman–Crippen MR) is 90.0 cm³/mol. The minimum Gasteiger partial charge on any atom is -0.256 e. The van der Waals surface area contributed by atoms with Gasteiger partial charge in [0.1, 0.15) is 0 Å². The van der Waals surface area contributed by atoms with E-state index in [1.54, 1.807) is 0 Å². The van der Waals surface area contributed by atoms with Crippen LogP contribution in [0, 0.1) is 0 Å². The zero-order chi connectivity index (χ0) is 14.7. The molecule has 1 atom stereocenters. The maximum absolute atomic E-state index is 4.62. The van der Waals surface area contributed by atoms with Crippen LogP contribution in [-0.2, 0) is 0 Å². The summed E-state index contributed by atoms with van der Waals surface area (Å²) < 4.78 is 0. The van der Waals surface area contributed by atoms with Crippen LogP contribution in [-0.4, -0.2) is 9.97 Å². The lowest BCUT2D eigenvalue weighted by Gasteiger charge is -2.12. The lowest BCUT2D eigenvalue weighted by atomic mass is 9.91. The van der Waals surface area contributed by atoms with E-state index in [0.29, 0.717) is 5.92 Å². The molecular weight excluding hydrogens is 268 g/mol. The minimum atomic E-state index is 0.369. The van der Waals surface area contributed by atoms with Gasteiger partial charge in [0, 0.05) is 29.3 Å². The Labute approximate surface area is 128 Å². The molecule has 1 aliphatic rings. The number of hydrogen-bond donors (Lipinski definition) is 0. The second kappa shape index (κ2) is 4.14. The van der Waals surface area contributed by atoms with Crippen LogP contribution in [0.5, 0.6) is 0 Å². The standard InChI is InChI=1S/C20H14N2/c1-12-14-4-2-11-22-20(14)16-8-6-13-7-9-17-15(5-3-10-21-17)19(13)18(12)16/h2-12H,1H3. The van der Waals surface area contributed by atoms with Crippen LogP contribution < -0.4 is 0 Å². The van der Waals surface area contributed by atoms with Crippen molar-refractivity contribution >= 4 is 21.7 Å². The minimum absolute atomic E-state index is 0.369. The van der Waals surface area contributed by atoms with Gasteiger partial charge in [-0.1, -0.05) is 37.3 Å². The first-order valence-corrected chi connectivity index (χ1v) is 7.60. The third kappa shape index (κ3) is 1.39. The molecule has 2 aromatic carbocycles.